The van der Waals surface area contributed by atoms with Crippen LogP contribution in [0.2, 0.25) is 0 Å². The normalized spacial score (nSPS) is 20.8. The minimum Gasteiger partial charge on any atom is -0.384 e. The van der Waals surface area contributed by atoms with Crippen molar-refractivity contribution in [3.63, 3.8) is 0 Å². The summed E-state index contributed by atoms with van der Waals surface area (Å²) in [5, 5.41) is 7.73. The van der Waals surface area contributed by atoms with E-state index in [-0.39, 0.29) is 5.41 Å². The molecule has 33 heavy (non-hydrogen) atoms. The Kier molecular flexibility index (Phi) is 5.67. The van der Waals surface area contributed by atoms with Gasteiger partial charge in [0.1, 0.15) is 5.82 Å². The first-order chi connectivity index (χ1) is 15.9. The topological polar surface area (TPSA) is 74.6 Å². The lowest BCUT2D eigenvalue weighted by molar-refractivity contribution is 0.145. The summed E-state index contributed by atoms with van der Waals surface area (Å²) in [5.41, 5.74) is 4.13. The molecule has 1 unspecified atom stereocenters. The maximum Gasteiger partial charge on any atom is 0.229 e. The van der Waals surface area contributed by atoms with Crippen molar-refractivity contribution in [3.05, 3.63) is 48.4 Å². The van der Waals surface area contributed by atoms with Crippen molar-refractivity contribution in [2.75, 3.05) is 68.6 Å². The summed E-state index contributed by atoms with van der Waals surface area (Å²) in [7, 11) is 5.84. The van der Waals surface area contributed by atoms with Gasteiger partial charge in [-0.3, -0.25) is 4.68 Å². The monoisotopic (exact) mass is 448 g/mol. The fourth-order valence-electron chi connectivity index (χ4n) is 4.73. The highest BCUT2D eigenvalue weighted by Crippen LogP contribution is 2.43. The number of hydrogen-bond acceptors (Lipinski definition) is 8. The van der Waals surface area contributed by atoms with Crippen LogP contribution in [0.1, 0.15) is 12.5 Å². The van der Waals surface area contributed by atoms with E-state index in [4.69, 9.17) is 9.72 Å². The highest BCUT2D eigenvalue weighted by atomic mass is 16.5. The van der Waals surface area contributed by atoms with E-state index in [1.807, 2.05) is 30.3 Å². The maximum atomic E-state index is 5.54. The molecule has 1 saturated heterocycles. The van der Waals surface area contributed by atoms with Crippen molar-refractivity contribution >= 4 is 28.8 Å². The highest BCUT2D eigenvalue weighted by Gasteiger charge is 2.41. The molecule has 9 nitrogen and oxygen atoms in total. The fraction of sp³-hybridized carbons (Fsp3) is 0.458. The Labute approximate surface area is 195 Å². The number of anilines is 5. The van der Waals surface area contributed by atoms with Crippen LogP contribution in [-0.4, -0.2) is 78.1 Å². The molecule has 2 aromatic heterocycles. The van der Waals surface area contributed by atoms with E-state index >= 15 is 0 Å². The SMILES string of the molecule is COCC1(C)CN(c2cnn(C)c2)c2nc(Nc3ccc(N4CCN(C)CC4)cc3)ncc21. The molecule has 4 heterocycles. The number of ether oxygens (including phenoxy) is 1. The smallest absolute Gasteiger partial charge is 0.229 e. The summed E-state index contributed by atoms with van der Waals surface area (Å²) >= 11 is 0. The number of piperazine rings is 1. The Hall–Kier alpha value is -3.17. The first kappa shape index (κ1) is 21.7. The van der Waals surface area contributed by atoms with Crippen LogP contribution in [0.15, 0.2) is 42.9 Å². The number of rotatable bonds is 6. The number of nitrogens with zero attached hydrogens (tertiary/aromatic N) is 7. The zero-order chi connectivity index (χ0) is 23.0. The van der Waals surface area contributed by atoms with Gasteiger partial charge in [0.2, 0.25) is 5.95 Å². The Balaban J connectivity index is 1.38. The van der Waals surface area contributed by atoms with Gasteiger partial charge in [0, 0.05) is 81.6 Å². The summed E-state index contributed by atoms with van der Waals surface area (Å²) in [6.45, 7) is 7.86. The first-order valence-corrected chi connectivity index (χ1v) is 11.4. The molecule has 0 aliphatic carbocycles. The van der Waals surface area contributed by atoms with Gasteiger partial charge >= 0.3 is 0 Å². The second kappa shape index (κ2) is 8.64. The quantitative estimate of drug-likeness (QED) is 0.617. The second-order valence-electron chi connectivity index (χ2n) is 9.35. The number of benzene rings is 1. The molecule has 0 bridgehead atoms. The van der Waals surface area contributed by atoms with Gasteiger partial charge in [0.05, 0.1) is 18.5 Å². The average molecular weight is 449 g/mol. The van der Waals surface area contributed by atoms with Gasteiger partial charge in [-0.2, -0.15) is 10.1 Å². The van der Waals surface area contributed by atoms with E-state index in [9.17, 15) is 0 Å². The maximum absolute atomic E-state index is 5.54. The number of fused-ring (bicyclic) bond motifs is 1. The predicted molar refractivity (Wildman–Crippen MR) is 131 cm³/mol. The van der Waals surface area contributed by atoms with Crippen LogP contribution >= 0.6 is 0 Å². The lowest BCUT2D eigenvalue weighted by Crippen LogP contribution is -2.44. The van der Waals surface area contributed by atoms with Crippen LogP contribution < -0.4 is 15.1 Å². The summed E-state index contributed by atoms with van der Waals surface area (Å²) in [6.07, 6.45) is 5.81. The molecule has 1 N–H and O–H groups in total. The van der Waals surface area contributed by atoms with Gasteiger partial charge < -0.3 is 24.8 Å². The molecule has 2 aliphatic heterocycles. The molecule has 0 spiro atoms. The number of methoxy groups -OCH3 is 1. The van der Waals surface area contributed by atoms with Crippen LogP contribution in [-0.2, 0) is 17.2 Å². The molecule has 0 radical (unpaired) electrons. The van der Waals surface area contributed by atoms with Crippen molar-refractivity contribution in [3.8, 4) is 0 Å². The Bertz CT molecular complexity index is 1110. The van der Waals surface area contributed by atoms with Gasteiger partial charge in [-0.1, -0.05) is 6.92 Å². The molecule has 174 valence electrons. The van der Waals surface area contributed by atoms with E-state index < -0.39 is 0 Å². The molecule has 5 rings (SSSR count). The van der Waals surface area contributed by atoms with E-state index in [0.717, 1.165) is 55.5 Å². The van der Waals surface area contributed by atoms with Crippen molar-refractivity contribution in [1.29, 1.82) is 0 Å². The van der Waals surface area contributed by atoms with Crippen LogP contribution in [0, 0.1) is 0 Å². The summed E-state index contributed by atoms with van der Waals surface area (Å²) in [6, 6.07) is 8.52. The molecule has 9 heteroatoms. The molecular weight excluding hydrogens is 416 g/mol. The molecule has 1 aromatic carbocycles. The van der Waals surface area contributed by atoms with E-state index in [1.165, 1.54) is 5.69 Å². The minimum atomic E-state index is -0.192. The molecule has 0 amide bonds. The fourth-order valence-corrected chi connectivity index (χ4v) is 4.73. The number of aromatic nitrogens is 4. The van der Waals surface area contributed by atoms with Crippen molar-refractivity contribution in [1.82, 2.24) is 24.6 Å². The van der Waals surface area contributed by atoms with E-state index in [2.05, 4.69) is 68.3 Å². The number of aryl methyl sites for hydroxylation is 1. The predicted octanol–water partition coefficient (Wildman–Crippen LogP) is 2.76. The van der Waals surface area contributed by atoms with Crippen LogP contribution in [0.25, 0.3) is 0 Å². The van der Waals surface area contributed by atoms with Gasteiger partial charge in [-0.15, -0.1) is 0 Å². The Morgan fingerprint density at radius 3 is 2.45 bits per heavy atom. The number of nitrogens with one attached hydrogen (secondary N) is 1. The molecule has 3 aromatic rings. The largest absolute Gasteiger partial charge is 0.384 e. The summed E-state index contributed by atoms with van der Waals surface area (Å²) in [5.74, 6) is 1.48. The van der Waals surface area contributed by atoms with Crippen LogP contribution in [0.4, 0.5) is 28.8 Å². The molecular formula is C24H32N8O. The van der Waals surface area contributed by atoms with Gasteiger partial charge in [-0.05, 0) is 31.3 Å². The molecule has 0 saturated carbocycles. The van der Waals surface area contributed by atoms with Crippen LogP contribution in [0.5, 0.6) is 0 Å². The third-order valence-electron chi connectivity index (χ3n) is 6.64. The average Bonchev–Trinajstić information content (AvgIpc) is 3.36. The van der Waals surface area contributed by atoms with Crippen molar-refractivity contribution in [2.45, 2.75) is 12.3 Å². The van der Waals surface area contributed by atoms with Gasteiger partial charge in [0.15, 0.2) is 0 Å². The zero-order valence-corrected chi connectivity index (χ0v) is 19.8. The lowest BCUT2D eigenvalue weighted by atomic mass is 9.87. The molecule has 1 atom stereocenters. The Morgan fingerprint density at radius 1 is 1.03 bits per heavy atom. The van der Waals surface area contributed by atoms with Gasteiger partial charge in [-0.25, -0.2) is 4.98 Å². The first-order valence-electron chi connectivity index (χ1n) is 11.4. The summed E-state index contributed by atoms with van der Waals surface area (Å²) in [4.78, 5) is 16.5. The zero-order valence-electron chi connectivity index (χ0n) is 19.8. The molecule has 1 fully saturated rings. The third kappa shape index (κ3) is 4.26. The summed E-state index contributed by atoms with van der Waals surface area (Å²) < 4.78 is 7.35. The second-order valence-corrected chi connectivity index (χ2v) is 9.35. The number of hydrogen-bond donors (Lipinski definition) is 1. The number of likely N-dealkylation sites (N-methyl/N-ethyl adjacent to an activating group) is 1. The lowest BCUT2D eigenvalue weighted by Gasteiger charge is -2.34. The van der Waals surface area contributed by atoms with Crippen molar-refractivity contribution < 1.29 is 4.74 Å². The van der Waals surface area contributed by atoms with E-state index in [0.29, 0.717) is 12.6 Å². The third-order valence-corrected chi connectivity index (χ3v) is 6.64. The standard InChI is InChI=1S/C24H32N8O/c1-24(17-33-4)16-32(20-13-26-30(3)15-20)22-21(24)14-25-23(28-22)27-18-5-7-19(8-6-18)31-11-9-29(2)10-12-31/h5-8,13-15H,9-12,16-17H2,1-4H3,(H,25,27,28). The van der Waals surface area contributed by atoms with Crippen molar-refractivity contribution in [2.24, 2.45) is 7.05 Å². The highest BCUT2D eigenvalue weighted by molar-refractivity contribution is 5.70. The van der Waals surface area contributed by atoms with Gasteiger partial charge in [0.25, 0.3) is 0 Å². The minimum absolute atomic E-state index is 0.192. The molecule has 2 aliphatic rings. The Morgan fingerprint density at radius 2 is 1.79 bits per heavy atom. The van der Waals surface area contributed by atoms with Crippen LogP contribution in [0.3, 0.4) is 0 Å². The van der Waals surface area contributed by atoms with E-state index in [1.54, 1.807) is 7.11 Å².